The Morgan fingerprint density at radius 3 is 1.79 bits per heavy atom. The van der Waals surface area contributed by atoms with Gasteiger partial charge in [0.2, 0.25) is 0 Å². The van der Waals surface area contributed by atoms with Gasteiger partial charge in [-0.1, -0.05) is 84.9 Å². The van der Waals surface area contributed by atoms with Crippen LogP contribution in [0, 0.1) is 0 Å². The Labute approximate surface area is 219 Å². The first-order chi connectivity index (χ1) is 18.9. The largest absolute Gasteiger partial charge is 0.307 e. The van der Waals surface area contributed by atoms with Crippen LogP contribution in [0.15, 0.2) is 134 Å². The summed E-state index contributed by atoms with van der Waals surface area (Å²) in [5, 5.41) is 3.45. The summed E-state index contributed by atoms with van der Waals surface area (Å²) in [6, 6.07) is 42.2. The predicted octanol–water partition coefficient (Wildman–Crippen LogP) is 8.34. The summed E-state index contributed by atoms with van der Waals surface area (Å²) in [5.74, 6) is 0. The smallest absolute Gasteiger partial charge is 0.0985 e. The van der Waals surface area contributed by atoms with Crippen molar-refractivity contribution in [3.63, 3.8) is 0 Å². The summed E-state index contributed by atoms with van der Waals surface area (Å²) >= 11 is 0. The molecule has 8 aromatic rings. The van der Waals surface area contributed by atoms with E-state index in [0.717, 1.165) is 61.0 Å². The average molecular weight is 487 g/mol. The number of benzene rings is 4. The lowest BCUT2D eigenvalue weighted by Crippen LogP contribution is -1.99. The van der Waals surface area contributed by atoms with Gasteiger partial charge in [-0.3, -0.25) is 9.97 Å². The first kappa shape index (κ1) is 20.9. The van der Waals surface area contributed by atoms with Crippen LogP contribution in [0.2, 0.25) is 0 Å². The van der Waals surface area contributed by atoms with Crippen LogP contribution >= 0.6 is 0 Å². The Morgan fingerprint density at radius 1 is 0.421 bits per heavy atom. The molecular weight excluding hydrogens is 464 g/mol. The number of para-hydroxylation sites is 3. The summed E-state index contributed by atoms with van der Waals surface area (Å²) in [4.78, 5) is 9.93. The maximum absolute atomic E-state index is 5.05. The van der Waals surface area contributed by atoms with Gasteiger partial charge in [-0.05, 0) is 36.4 Å². The van der Waals surface area contributed by atoms with Crippen molar-refractivity contribution < 1.29 is 0 Å². The second kappa shape index (κ2) is 8.15. The molecule has 0 aliphatic carbocycles. The average Bonchev–Trinajstić information content (AvgIpc) is 3.51. The molecule has 0 aliphatic rings. The molecule has 4 heterocycles. The lowest BCUT2D eigenvalue weighted by atomic mass is 10.1. The van der Waals surface area contributed by atoms with Crippen molar-refractivity contribution in [1.82, 2.24) is 19.1 Å². The summed E-state index contributed by atoms with van der Waals surface area (Å²) in [6.45, 7) is 0. The van der Waals surface area contributed by atoms with Gasteiger partial charge in [0.05, 0.1) is 45.2 Å². The Balaban J connectivity index is 1.52. The van der Waals surface area contributed by atoms with E-state index in [2.05, 4.69) is 112 Å². The lowest BCUT2D eigenvalue weighted by molar-refractivity contribution is 1.13. The van der Waals surface area contributed by atoms with Crippen molar-refractivity contribution in [2.45, 2.75) is 0 Å². The summed E-state index contributed by atoms with van der Waals surface area (Å²) in [7, 11) is 0. The Morgan fingerprint density at radius 2 is 1.05 bits per heavy atom. The normalized spacial score (nSPS) is 11.7. The van der Waals surface area contributed by atoms with Crippen molar-refractivity contribution in [2.24, 2.45) is 0 Å². The molecule has 0 spiro atoms. The second-order valence-corrected chi connectivity index (χ2v) is 9.53. The van der Waals surface area contributed by atoms with Crippen molar-refractivity contribution >= 4 is 43.7 Å². The van der Waals surface area contributed by atoms with Crippen LogP contribution in [0.3, 0.4) is 0 Å². The molecule has 4 heteroatoms. The van der Waals surface area contributed by atoms with Gasteiger partial charge in [-0.15, -0.1) is 0 Å². The zero-order valence-electron chi connectivity index (χ0n) is 20.5. The van der Waals surface area contributed by atoms with Crippen molar-refractivity contribution in [2.75, 3.05) is 0 Å². The molecule has 0 aliphatic heterocycles. The van der Waals surface area contributed by atoms with Crippen LogP contribution in [0.4, 0.5) is 0 Å². The van der Waals surface area contributed by atoms with Crippen LogP contribution in [0.5, 0.6) is 0 Å². The van der Waals surface area contributed by atoms with Gasteiger partial charge in [-0.25, -0.2) is 0 Å². The number of hydrogen-bond acceptors (Lipinski definition) is 2. The van der Waals surface area contributed by atoms with E-state index >= 15 is 0 Å². The standard InChI is InChI=1S/C34H22N4/c1-3-11-23(12-4-1)29-20-19-25(21-35-29)38-31-18-10-8-16-27(31)32-34(38)33-28(22-36-32)26-15-7-9-17-30(26)37(33)24-13-5-2-6-14-24/h1-22H. The molecule has 38 heavy (non-hydrogen) atoms. The summed E-state index contributed by atoms with van der Waals surface area (Å²) in [6.07, 6.45) is 4.01. The van der Waals surface area contributed by atoms with Crippen LogP contribution < -0.4 is 0 Å². The first-order valence-corrected chi connectivity index (χ1v) is 12.8. The van der Waals surface area contributed by atoms with Crippen LogP contribution in [0.1, 0.15) is 0 Å². The molecule has 4 aromatic carbocycles. The predicted molar refractivity (Wildman–Crippen MR) is 156 cm³/mol. The number of aromatic nitrogens is 4. The molecule has 178 valence electrons. The zero-order valence-corrected chi connectivity index (χ0v) is 20.5. The molecule has 0 bridgehead atoms. The minimum Gasteiger partial charge on any atom is -0.307 e. The highest BCUT2D eigenvalue weighted by Crippen LogP contribution is 2.40. The highest BCUT2D eigenvalue weighted by molar-refractivity contribution is 6.22. The van der Waals surface area contributed by atoms with Crippen LogP contribution in [0.25, 0.3) is 66.4 Å². The van der Waals surface area contributed by atoms with Gasteiger partial charge in [0.1, 0.15) is 0 Å². The van der Waals surface area contributed by atoms with Gasteiger partial charge in [0, 0.05) is 33.6 Å². The van der Waals surface area contributed by atoms with E-state index in [4.69, 9.17) is 9.97 Å². The molecule has 0 saturated heterocycles. The van der Waals surface area contributed by atoms with E-state index in [-0.39, 0.29) is 0 Å². The number of pyridine rings is 2. The third-order valence-corrected chi connectivity index (χ3v) is 7.40. The van der Waals surface area contributed by atoms with Crippen molar-refractivity contribution in [3.05, 3.63) is 134 Å². The molecule has 0 unspecified atom stereocenters. The first-order valence-electron chi connectivity index (χ1n) is 12.8. The third kappa shape index (κ3) is 2.98. The van der Waals surface area contributed by atoms with E-state index in [0.29, 0.717) is 0 Å². The van der Waals surface area contributed by atoms with E-state index in [9.17, 15) is 0 Å². The van der Waals surface area contributed by atoms with Crippen LogP contribution in [-0.4, -0.2) is 19.1 Å². The molecule has 4 nitrogen and oxygen atoms in total. The molecule has 0 amide bonds. The van der Waals surface area contributed by atoms with Gasteiger partial charge < -0.3 is 9.13 Å². The lowest BCUT2D eigenvalue weighted by Gasteiger charge is -2.12. The molecule has 0 N–H and O–H groups in total. The monoisotopic (exact) mass is 486 g/mol. The topological polar surface area (TPSA) is 35.6 Å². The van der Waals surface area contributed by atoms with Gasteiger partial charge in [0.25, 0.3) is 0 Å². The zero-order chi connectivity index (χ0) is 25.1. The molecule has 0 saturated carbocycles. The minimum absolute atomic E-state index is 0.955. The Kier molecular flexibility index (Phi) is 4.49. The molecule has 0 atom stereocenters. The van der Waals surface area contributed by atoms with Crippen LogP contribution in [-0.2, 0) is 0 Å². The molecule has 0 fully saturated rings. The van der Waals surface area contributed by atoms with Gasteiger partial charge in [0.15, 0.2) is 0 Å². The van der Waals surface area contributed by atoms with E-state index in [1.165, 1.54) is 5.39 Å². The molecule has 0 radical (unpaired) electrons. The van der Waals surface area contributed by atoms with Gasteiger partial charge >= 0.3 is 0 Å². The van der Waals surface area contributed by atoms with E-state index in [1.54, 1.807) is 0 Å². The number of rotatable bonds is 3. The SMILES string of the molecule is c1ccc(-c2ccc(-n3c4ccccc4c4ncc5c6ccccc6n(-c6ccccc6)c5c43)cn2)cc1. The van der Waals surface area contributed by atoms with Gasteiger partial charge in [-0.2, -0.15) is 0 Å². The Hall–Kier alpha value is -5.22. The maximum Gasteiger partial charge on any atom is 0.0985 e. The Bertz CT molecular complexity index is 2100. The second-order valence-electron chi connectivity index (χ2n) is 9.53. The summed E-state index contributed by atoms with van der Waals surface area (Å²) < 4.78 is 4.69. The molecular formula is C34H22N4. The number of fused-ring (bicyclic) bond motifs is 7. The third-order valence-electron chi connectivity index (χ3n) is 7.40. The fourth-order valence-electron chi connectivity index (χ4n) is 5.74. The minimum atomic E-state index is 0.955. The molecule has 8 rings (SSSR count). The van der Waals surface area contributed by atoms with Crippen molar-refractivity contribution in [3.8, 4) is 22.6 Å². The number of nitrogens with zero attached hydrogens (tertiary/aromatic N) is 4. The highest BCUT2D eigenvalue weighted by Gasteiger charge is 2.21. The van der Waals surface area contributed by atoms with E-state index in [1.807, 2.05) is 30.6 Å². The fraction of sp³-hybridized carbons (Fsp3) is 0. The highest BCUT2D eigenvalue weighted by atomic mass is 15.1. The fourth-order valence-corrected chi connectivity index (χ4v) is 5.74. The quantitative estimate of drug-likeness (QED) is 0.252. The molecule has 4 aromatic heterocycles. The van der Waals surface area contributed by atoms with E-state index < -0.39 is 0 Å². The van der Waals surface area contributed by atoms with Crippen molar-refractivity contribution in [1.29, 1.82) is 0 Å². The summed E-state index contributed by atoms with van der Waals surface area (Å²) in [5.41, 5.74) is 9.69. The number of hydrogen-bond donors (Lipinski definition) is 0. The maximum atomic E-state index is 5.05.